The van der Waals surface area contributed by atoms with E-state index in [-0.39, 0.29) is 17.7 Å². The number of pyridine rings is 1. The number of rotatable bonds is 7. The van der Waals surface area contributed by atoms with E-state index in [4.69, 9.17) is 11.6 Å². The minimum Gasteiger partial charge on any atom is -0.334 e. The summed E-state index contributed by atoms with van der Waals surface area (Å²) in [7, 11) is -2.30. The number of nitrogens with zero attached hydrogens (tertiary/aromatic N) is 4. The third-order valence-electron chi connectivity index (χ3n) is 18.8. The van der Waals surface area contributed by atoms with Crippen molar-refractivity contribution in [3.05, 3.63) is 241 Å². The topological polar surface area (TPSA) is 22.6 Å². The maximum atomic E-state index is 5.04. The number of fused-ring (bicyclic) bond motifs is 3. The first-order valence-corrected chi connectivity index (χ1v) is 30.4. The molecule has 4 nitrogen and oxygen atoms in total. The number of aromatic nitrogens is 1. The van der Waals surface area contributed by atoms with Gasteiger partial charge in [0.15, 0.2) is 0 Å². The summed E-state index contributed by atoms with van der Waals surface area (Å²) in [5.41, 5.74) is 25.9. The second-order valence-corrected chi connectivity index (χ2v) is 27.3. The van der Waals surface area contributed by atoms with Gasteiger partial charge >= 0.3 is 0 Å². The molecule has 0 bridgehead atoms. The predicted octanol–water partition coefficient (Wildman–Crippen LogP) is 14.8. The van der Waals surface area contributed by atoms with Crippen molar-refractivity contribution >= 4 is 98.2 Å². The number of anilines is 8. The molecule has 2 aliphatic carbocycles. The highest BCUT2D eigenvalue weighted by Gasteiger charge is 2.59. The lowest BCUT2D eigenvalue weighted by Gasteiger charge is -2.52. The normalized spacial score (nSPS) is 20.1. The summed E-state index contributed by atoms with van der Waals surface area (Å²) < 4.78 is 0. The van der Waals surface area contributed by atoms with Gasteiger partial charge in [-0.1, -0.05) is 189 Å². The molecule has 8 aromatic carbocycles. The summed E-state index contributed by atoms with van der Waals surface area (Å²) in [6, 6.07) is 73.3. The van der Waals surface area contributed by atoms with Crippen LogP contribution in [0.25, 0.3) is 33.5 Å². The molecule has 0 saturated heterocycles. The number of benzene rings is 8. The molecular weight excluding hydrogens is 936 g/mol. The molecule has 15 rings (SSSR count). The first-order valence-electron chi connectivity index (χ1n) is 27.4. The Balaban J connectivity index is 1.05. The fraction of sp³-hybridized carbons (Fsp3) is 0.157. The van der Waals surface area contributed by atoms with Crippen LogP contribution in [0.15, 0.2) is 225 Å². The Kier molecular flexibility index (Phi) is 9.91. The quantitative estimate of drug-likeness (QED) is 0.148. The van der Waals surface area contributed by atoms with Gasteiger partial charge in [0.1, 0.15) is 8.07 Å². The summed E-state index contributed by atoms with van der Waals surface area (Å²) in [4.78, 5) is 13.2. The van der Waals surface area contributed by atoms with E-state index in [1.54, 1.807) is 0 Å². The Labute approximate surface area is 449 Å². The first-order chi connectivity index (χ1) is 37.1. The van der Waals surface area contributed by atoms with Gasteiger partial charge in [-0.2, -0.15) is 0 Å². The lowest BCUT2D eigenvalue weighted by Crippen LogP contribution is -2.79. The van der Waals surface area contributed by atoms with E-state index in [0.717, 1.165) is 41.8 Å². The minimum atomic E-state index is -2.30. The SMILES string of the molecule is C=C1CC=C(c2ccccc2)C=C1c1ccccc1N1c2cc(N3c4ccc(-c5ccccc5)cc4C4(C)CCCCC34C)cc3c2B2c4c1cccc4[Si](C)(C)c1cccc(c12)N3c1ccccc1-c1ccccn1. The van der Waals surface area contributed by atoms with E-state index >= 15 is 0 Å². The minimum absolute atomic E-state index is 0.0324. The lowest BCUT2D eigenvalue weighted by atomic mass is 9.33. The fourth-order valence-electron chi connectivity index (χ4n) is 15.0. The average Bonchev–Trinajstić information content (AvgIpc) is 3.87. The van der Waals surface area contributed by atoms with E-state index in [1.807, 2.05) is 12.3 Å². The van der Waals surface area contributed by atoms with Crippen molar-refractivity contribution in [2.75, 3.05) is 14.7 Å². The zero-order chi connectivity index (χ0) is 51.1. The number of allylic oxidation sites excluding steroid dienone is 5. The van der Waals surface area contributed by atoms with Crippen LogP contribution in [0.5, 0.6) is 0 Å². The number of hydrogen-bond donors (Lipinski definition) is 0. The molecule has 4 aliphatic heterocycles. The third kappa shape index (κ3) is 6.28. The molecule has 6 heteroatoms. The van der Waals surface area contributed by atoms with Crippen LogP contribution in [0, 0.1) is 0 Å². The van der Waals surface area contributed by atoms with Crippen molar-refractivity contribution in [2.45, 2.75) is 70.0 Å². The molecule has 76 heavy (non-hydrogen) atoms. The average molecular weight is 995 g/mol. The molecule has 1 aromatic heterocycles. The molecule has 0 spiro atoms. The van der Waals surface area contributed by atoms with Crippen molar-refractivity contribution in [2.24, 2.45) is 0 Å². The summed E-state index contributed by atoms with van der Waals surface area (Å²) in [6.45, 7) is 15.1. The zero-order valence-corrected chi connectivity index (χ0v) is 44.8. The second-order valence-electron chi connectivity index (χ2n) is 23.0. The van der Waals surface area contributed by atoms with E-state index in [1.165, 1.54) is 118 Å². The maximum Gasteiger partial charge on any atom is 0.251 e. The molecule has 2 atom stereocenters. The number of para-hydroxylation sites is 2. The molecule has 1 saturated carbocycles. The van der Waals surface area contributed by atoms with Gasteiger partial charge in [-0.15, -0.1) is 0 Å². The lowest BCUT2D eigenvalue weighted by molar-refractivity contribution is 0.195. The van der Waals surface area contributed by atoms with Crippen LogP contribution in [0.3, 0.4) is 0 Å². The van der Waals surface area contributed by atoms with Crippen molar-refractivity contribution < 1.29 is 0 Å². The van der Waals surface area contributed by atoms with E-state index in [0.29, 0.717) is 0 Å². The van der Waals surface area contributed by atoms with Crippen LogP contribution in [0.2, 0.25) is 13.1 Å². The summed E-state index contributed by atoms with van der Waals surface area (Å²) >= 11 is 0. The molecule has 366 valence electrons. The molecule has 5 heterocycles. The van der Waals surface area contributed by atoms with Gasteiger partial charge in [0, 0.05) is 56.9 Å². The van der Waals surface area contributed by atoms with Crippen LogP contribution in [0.4, 0.5) is 45.5 Å². The van der Waals surface area contributed by atoms with Crippen molar-refractivity contribution in [1.29, 1.82) is 0 Å². The second kappa shape index (κ2) is 16.7. The Morgan fingerprint density at radius 3 is 1.79 bits per heavy atom. The standard InChI is InChI=1S/C70H59BN4Si/c1-46-35-36-49(47-22-8-6-9-23-47)42-54(46)52-26-12-14-29-57(52)73-60-31-20-33-64-67(60)71-66-62(73)44-51(75-59-38-37-50(48-24-10-7-11-25-48)43-55(59)69(2)39-17-18-40-70(69,75)3)45-63(66)74(61-32-21-34-65(68(61)71)76(64,4)5)58-30-15-13-27-53(58)56-28-16-19-41-72-56/h6-16,19-34,36-38,41-45H,1,17-18,35,39-40H2,2-5H3. The Morgan fingerprint density at radius 2 is 1.12 bits per heavy atom. The Morgan fingerprint density at radius 1 is 0.526 bits per heavy atom. The third-order valence-corrected chi connectivity index (χ3v) is 22.4. The van der Waals surface area contributed by atoms with Gasteiger partial charge in [0.25, 0.3) is 6.71 Å². The Hall–Kier alpha value is -8.19. The van der Waals surface area contributed by atoms with Crippen molar-refractivity contribution in [1.82, 2.24) is 4.98 Å². The van der Waals surface area contributed by atoms with Crippen LogP contribution in [-0.2, 0) is 5.41 Å². The number of hydrogen-bond acceptors (Lipinski definition) is 4. The van der Waals surface area contributed by atoms with Crippen LogP contribution < -0.4 is 41.5 Å². The highest BCUT2D eigenvalue weighted by atomic mass is 28.3. The smallest absolute Gasteiger partial charge is 0.251 e. The van der Waals surface area contributed by atoms with Crippen LogP contribution >= 0.6 is 0 Å². The Bertz CT molecular complexity index is 3970. The van der Waals surface area contributed by atoms with Gasteiger partial charge < -0.3 is 14.7 Å². The molecular formula is C70H59BN4Si. The van der Waals surface area contributed by atoms with Gasteiger partial charge in [-0.25, -0.2) is 0 Å². The molecule has 1 fully saturated rings. The highest BCUT2D eigenvalue weighted by molar-refractivity contribution is 7.16. The van der Waals surface area contributed by atoms with Gasteiger partial charge in [-0.05, 0) is 148 Å². The van der Waals surface area contributed by atoms with Gasteiger partial charge in [0.2, 0.25) is 0 Å². The van der Waals surface area contributed by atoms with Gasteiger partial charge in [0.05, 0.1) is 22.6 Å². The molecule has 0 N–H and O–H groups in total. The summed E-state index contributed by atoms with van der Waals surface area (Å²) in [5.74, 6) is 0. The molecule has 0 radical (unpaired) electrons. The molecule has 6 aliphatic rings. The van der Waals surface area contributed by atoms with E-state index in [9.17, 15) is 0 Å². The zero-order valence-electron chi connectivity index (χ0n) is 43.8. The van der Waals surface area contributed by atoms with Crippen LogP contribution in [0.1, 0.15) is 62.6 Å². The fourth-order valence-corrected chi connectivity index (χ4v) is 18.2. The van der Waals surface area contributed by atoms with E-state index < -0.39 is 8.07 Å². The monoisotopic (exact) mass is 994 g/mol. The first kappa shape index (κ1) is 45.2. The summed E-state index contributed by atoms with van der Waals surface area (Å²) in [5, 5.41) is 3.04. The van der Waals surface area contributed by atoms with E-state index in [2.05, 4.69) is 242 Å². The molecule has 9 aromatic rings. The van der Waals surface area contributed by atoms with Gasteiger partial charge in [-0.3, -0.25) is 4.98 Å². The largest absolute Gasteiger partial charge is 0.334 e. The maximum absolute atomic E-state index is 5.04. The molecule has 2 unspecified atom stereocenters. The molecule has 0 amide bonds. The highest BCUT2D eigenvalue weighted by Crippen LogP contribution is 2.62. The van der Waals surface area contributed by atoms with Crippen LogP contribution in [-0.4, -0.2) is 25.3 Å². The summed E-state index contributed by atoms with van der Waals surface area (Å²) in [6.07, 6.45) is 12.1. The van der Waals surface area contributed by atoms with Crippen molar-refractivity contribution in [3.63, 3.8) is 0 Å². The van der Waals surface area contributed by atoms with Crippen molar-refractivity contribution in [3.8, 4) is 22.4 Å². The predicted molar refractivity (Wildman–Crippen MR) is 325 cm³/mol.